The summed E-state index contributed by atoms with van der Waals surface area (Å²) < 4.78 is 11.4. The third kappa shape index (κ3) is 4.65. The van der Waals surface area contributed by atoms with E-state index in [1.54, 1.807) is 0 Å². The van der Waals surface area contributed by atoms with Crippen molar-refractivity contribution < 1.29 is 14.3 Å². The van der Waals surface area contributed by atoms with E-state index in [-0.39, 0.29) is 12.1 Å². The van der Waals surface area contributed by atoms with Crippen LogP contribution in [0.3, 0.4) is 0 Å². The number of benzene rings is 1. The monoisotopic (exact) mass is 316 g/mol. The van der Waals surface area contributed by atoms with Crippen LogP contribution in [-0.4, -0.2) is 31.8 Å². The first-order chi connectivity index (χ1) is 11.3. The minimum absolute atomic E-state index is 0.149. The fraction of sp³-hybridized carbons (Fsp3) is 0.500. The average Bonchev–Trinajstić information content (AvgIpc) is 2.61. The lowest BCUT2D eigenvalue weighted by atomic mass is 9.97. The molecular weight excluding hydrogens is 292 g/mol. The Morgan fingerprint density at radius 1 is 1.17 bits per heavy atom. The quantitative estimate of drug-likeness (QED) is 0.821. The fourth-order valence-electron chi connectivity index (χ4n) is 2.90. The second-order valence-electron chi connectivity index (χ2n) is 5.99. The van der Waals surface area contributed by atoms with E-state index in [1.165, 1.54) is 31.3 Å². The standard InChI is InChI=1S/C18H24N2O3/c21-18(19-11-10-14-6-2-1-3-7-14)20-12-15-13-22-16-8-4-5-9-17(16)23-15/h4-6,8-9,15H,1-3,7,10-13H2,(H2,19,20,21)/t15-/m0/s1. The van der Waals surface area contributed by atoms with Gasteiger partial charge in [-0.2, -0.15) is 0 Å². The summed E-state index contributed by atoms with van der Waals surface area (Å²) in [5.41, 5.74) is 1.47. The first-order valence-electron chi connectivity index (χ1n) is 8.39. The van der Waals surface area contributed by atoms with Crippen molar-refractivity contribution in [3.05, 3.63) is 35.9 Å². The highest BCUT2D eigenvalue weighted by Gasteiger charge is 2.20. The number of urea groups is 1. The van der Waals surface area contributed by atoms with E-state index in [9.17, 15) is 4.79 Å². The minimum atomic E-state index is -0.156. The van der Waals surface area contributed by atoms with Gasteiger partial charge < -0.3 is 20.1 Å². The van der Waals surface area contributed by atoms with Crippen LogP contribution in [0, 0.1) is 0 Å². The SMILES string of the molecule is O=C(NCCC1=CCCCC1)NC[C@H]1COc2ccccc2O1. The smallest absolute Gasteiger partial charge is 0.314 e. The lowest BCUT2D eigenvalue weighted by molar-refractivity contribution is 0.0918. The van der Waals surface area contributed by atoms with Crippen molar-refractivity contribution >= 4 is 6.03 Å². The molecular formula is C18H24N2O3. The molecule has 1 aliphatic carbocycles. The Morgan fingerprint density at radius 2 is 2.04 bits per heavy atom. The molecule has 5 nitrogen and oxygen atoms in total. The third-order valence-corrected chi connectivity index (χ3v) is 4.17. The first kappa shape index (κ1) is 15.7. The predicted molar refractivity (Wildman–Crippen MR) is 88.9 cm³/mol. The van der Waals surface area contributed by atoms with Crippen molar-refractivity contribution in [2.24, 2.45) is 0 Å². The fourth-order valence-corrected chi connectivity index (χ4v) is 2.90. The number of para-hydroxylation sites is 2. The molecule has 1 aliphatic heterocycles. The topological polar surface area (TPSA) is 59.6 Å². The van der Waals surface area contributed by atoms with Crippen LogP contribution in [-0.2, 0) is 0 Å². The predicted octanol–water partition coefficient (Wildman–Crippen LogP) is 3.02. The molecule has 3 rings (SSSR count). The van der Waals surface area contributed by atoms with Crippen molar-refractivity contribution in [1.82, 2.24) is 10.6 Å². The molecule has 0 fully saturated rings. The number of fused-ring (bicyclic) bond motifs is 1. The molecule has 1 aromatic rings. The summed E-state index contributed by atoms with van der Waals surface area (Å²) in [4.78, 5) is 11.8. The Hall–Kier alpha value is -2.17. The number of carbonyl (C=O) groups is 1. The van der Waals surface area contributed by atoms with Gasteiger partial charge >= 0.3 is 6.03 Å². The Balaban J connectivity index is 1.34. The maximum Gasteiger partial charge on any atom is 0.314 e. The van der Waals surface area contributed by atoms with Gasteiger partial charge in [-0.1, -0.05) is 23.8 Å². The Labute approximate surface area is 137 Å². The van der Waals surface area contributed by atoms with Gasteiger partial charge in [0, 0.05) is 6.54 Å². The lowest BCUT2D eigenvalue weighted by Crippen LogP contribution is -2.44. The number of hydrogen-bond acceptors (Lipinski definition) is 3. The molecule has 0 bridgehead atoms. The molecule has 0 spiro atoms. The van der Waals surface area contributed by atoms with Gasteiger partial charge in [-0.05, 0) is 44.2 Å². The van der Waals surface area contributed by atoms with E-state index in [0.717, 1.165) is 17.9 Å². The summed E-state index contributed by atoms with van der Waals surface area (Å²) in [5, 5.41) is 5.75. The molecule has 0 unspecified atom stereocenters. The summed E-state index contributed by atoms with van der Waals surface area (Å²) in [5.74, 6) is 1.49. The van der Waals surface area contributed by atoms with Crippen molar-refractivity contribution in [1.29, 1.82) is 0 Å². The molecule has 0 radical (unpaired) electrons. The van der Waals surface area contributed by atoms with Gasteiger partial charge in [0.2, 0.25) is 0 Å². The maximum atomic E-state index is 11.8. The van der Waals surface area contributed by atoms with Gasteiger partial charge in [0.15, 0.2) is 17.6 Å². The van der Waals surface area contributed by atoms with Gasteiger partial charge in [-0.15, -0.1) is 0 Å². The van der Waals surface area contributed by atoms with Crippen molar-refractivity contribution in [3.63, 3.8) is 0 Å². The number of nitrogens with one attached hydrogen (secondary N) is 2. The highest BCUT2D eigenvalue weighted by Crippen LogP contribution is 2.30. The zero-order chi connectivity index (χ0) is 15.9. The molecule has 1 atom stereocenters. The van der Waals surface area contributed by atoms with E-state index in [0.29, 0.717) is 19.7 Å². The number of amides is 2. The van der Waals surface area contributed by atoms with E-state index in [4.69, 9.17) is 9.47 Å². The Kier molecular flexibility index (Phi) is 5.40. The molecule has 0 saturated heterocycles. The molecule has 2 aliphatic rings. The summed E-state index contributed by atoms with van der Waals surface area (Å²) in [6.07, 6.45) is 8.04. The normalized spacial score (nSPS) is 19.7. The average molecular weight is 316 g/mol. The molecule has 0 aromatic heterocycles. The number of allylic oxidation sites excluding steroid dienone is 1. The minimum Gasteiger partial charge on any atom is -0.486 e. The van der Waals surface area contributed by atoms with Crippen LogP contribution >= 0.6 is 0 Å². The van der Waals surface area contributed by atoms with E-state index in [2.05, 4.69) is 16.7 Å². The molecule has 0 saturated carbocycles. The van der Waals surface area contributed by atoms with E-state index < -0.39 is 0 Å². The van der Waals surface area contributed by atoms with Crippen LogP contribution in [0.4, 0.5) is 4.79 Å². The summed E-state index contributed by atoms with van der Waals surface area (Å²) in [6.45, 7) is 1.57. The molecule has 23 heavy (non-hydrogen) atoms. The molecule has 2 N–H and O–H groups in total. The number of rotatable bonds is 5. The van der Waals surface area contributed by atoms with Crippen molar-refractivity contribution in [2.75, 3.05) is 19.7 Å². The molecule has 2 amide bonds. The summed E-state index contributed by atoms with van der Waals surface area (Å²) in [7, 11) is 0. The van der Waals surface area contributed by atoms with Gasteiger partial charge in [0.1, 0.15) is 6.61 Å². The Bertz CT molecular complexity index is 571. The number of ether oxygens (including phenoxy) is 2. The van der Waals surface area contributed by atoms with Crippen molar-refractivity contribution in [3.8, 4) is 11.5 Å². The Morgan fingerprint density at radius 3 is 2.87 bits per heavy atom. The molecule has 124 valence electrons. The highest BCUT2D eigenvalue weighted by molar-refractivity contribution is 5.73. The van der Waals surface area contributed by atoms with Crippen LogP contribution in [0.25, 0.3) is 0 Å². The van der Waals surface area contributed by atoms with Crippen LogP contribution in [0.1, 0.15) is 32.1 Å². The number of carbonyl (C=O) groups excluding carboxylic acids is 1. The van der Waals surface area contributed by atoms with Crippen molar-refractivity contribution in [2.45, 2.75) is 38.2 Å². The highest BCUT2D eigenvalue weighted by atomic mass is 16.6. The molecule has 1 heterocycles. The van der Waals surface area contributed by atoms with Crippen LogP contribution in [0.2, 0.25) is 0 Å². The molecule has 1 aromatic carbocycles. The zero-order valence-electron chi connectivity index (χ0n) is 13.3. The first-order valence-corrected chi connectivity index (χ1v) is 8.39. The van der Waals surface area contributed by atoms with Gasteiger partial charge in [-0.3, -0.25) is 0 Å². The molecule has 5 heteroatoms. The van der Waals surface area contributed by atoms with E-state index in [1.807, 2.05) is 24.3 Å². The third-order valence-electron chi connectivity index (χ3n) is 4.17. The van der Waals surface area contributed by atoms with Crippen LogP contribution in [0.15, 0.2) is 35.9 Å². The summed E-state index contributed by atoms with van der Waals surface area (Å²) in [6, 6.07) is 7.43. The van der Waals surface area contributed by atoms with Crippen LogP contribution < -0.4 is 20.1 Å². The van der Waals surface area contributed by atoms with Gasteiger partial charge in [-0.25, -0.2) is 4.79 Å². The summed E-state index contributed by atoms with van der Waals surface area (Å²) >= 11 is 0. The van der Waals surface area contributed by atoms with E-state index >= 15 is 0 Å². The maximum absolute atomic E-state index is 11.8. The zero-order valence-corrected chi connectivity index (χ0v) is 13.3. The van der Waals surface area contributed by atoms with Gasteiger partial charge in [0.25, 0.3) is 0 Å². The number of hydrogen-bond donors (Lipinski definition) is 2. The second kappa shape index (κ2) is 7.90. The largest absolute Gasteiger partial charge is 0.486 e. The lowest BCUT2D eigenvalue weighted by Gasteiger charge is -2.26. The second-order valence-corrected chi connectivity index (χ2v) is 5.99. The van der Waals surface area contributed by atoms with Crippen LogP contribution in [0.5, 0.6) is 11.5 Å². The van der Waals surface area contributed by atoms with Gasteiger partial charge in [0.05, 0.1) is 6.54 Å².